The molecule has 14 heteroatoms. The van der Waals surface area contributed by atoms with E-state index in [1.54, 1.807) is 0 Å². The molecule has 5 rings (SSSR count). The fourth-order valence-corrected chi connectivity index (χ4v) is 5.82. The van der Waals surface area contributed by atoms with Crippen LogP contribution in [0.2, 0.25) is 0 Å². The second kappa shape index (κ2) is 13.4. The Morgan fingerprint density at radius 3 is 2.28 bits per heavy atom. The van der Waals surface area contributed by atoms with Crippen molar-refractivity contribution in [1.29, 1.82) is 0 Å². The number of hydrogen-bond donors (Lipinski definition) is 8. The van der Waals surface area contributed by atoms with E-state index in [1.165, 1.54) is 6.07 Å². The minimum Gasteiger partial charge on any atom is -0.508 e. The molecule has 2 aliphatic heterocycles. The minimum atomic E-state index is -2.34. The van der Waals surface area contributed by atoms with Gasteiger partial charge in [0, 0.05) is 24.1 Å². The lowest BCUT2D eigenvalue weighted by atomic mass is 9.94. The maximum absolute atomic E-state index is 13.8. The molecule has 1 saturated heterocycles. The Balaban J connectivity index is 1.58. The van der Waals surface area contributed by atoms with E-state index >= 15 is 0 Å². The first kappa shape index (κ1) is 33.4. The molecule has 46 heavy (non-hydrogen) atoms. The summed E-state index contributed by atoms with van der Waals surface area (Å²) in [5.74, 6) is -6.57. The zero-order chi connectivity index (χ0) is 33.3. The van der Waals surface area contributed by atoms with Gasteiger partial charge in [0.25, 0.3) is 5.79 Å². The summed E-state index contributed by atoms with van der Waals surface area (Å²) < 4.78 is 22.7. The smallest absolute Gasteiger partial charge is 0.273 e. The first-order chi connectivity index (χ1) is 21.9. The van der Waals surface area contributed by atoms with Crippen LogP contribution in [0.25, 0.3) is 22.3 Å². The molecule has 250 valence electrons. The summed E-state index contributed by atoms with van der Waals surface area (Å²) in [6.45, 7) is 1.32. The average molecular weight is 647 g/mol. The molecule has 3 aromatic rings. The zero-order valence-corrected chi connectivity index (χ0v) is 25.1. The van der Waals surface area contributed by atoms with E-state index in [9.17, 15) is 50.4 Å². The van der Waals surface area contributed by atoms with Gasteiger partial charge in [-0.05, 0) is 18.6 Å². The molecular formula is C32H38O14. The molecule has 14 nitrogen and oxygen atoms in total. The SMILES string of the molecule is CCCCCCCCCC1(O)Oc2c(O)ccc(-c3oc4cc(O)cc(O)c4c(=O)c3O[C@@H]3O[C@H](CO)[C@H](O)[C@H](O)[C@H]3O)c2C1=O. The Kier molecular flexibility index (Phi) is 9.77. The van der Waals surface area contributed by atoms with Gasteiger partial charge in [0.1, 0.15) is 46.9 Å². The number of hydrogen-bond acceptors (Lipinski definition) is 14. The summed E-state index contributed by atoms with van der Waals surface area (Å²) in [5.41, 5.74) is -1.95. The highest BCUT2D eigenvalue weighted by Crippen LogP contribution is 2.49. The average Bonchev–Trinajstić information content (AvgIpc) is 3.28. The molecule has 0 amide bonds. The fraction of sp³-hybridized carbons (Fsp3) is 0.500. The Bertz CT molecular complexity index is 1650. The van der Waals surface area contributed by atoms with Crippen LogP contribution < -0.4 is 14.9 Å². The van der Waals surface area contributed by atoms with Crippen LogP contribution >= 0.6 is 0 Å². The summed E-state index contributed by atoms with van der Waals surface area (Å²) >= 11 is 0. The van der Waals surface area contributed by atoms with Crippen LogP contribution in [-0.2, 0) is 4.74 Å². The summed E-state index contributed by atoms with van der Waals surface area (Å²) in [7, 11) is 0. The van der Waals surface area contributed by atoms with Gasteiger partial charge < -0.3 is 59.5 Å². The van der Waals surface area contributed by atoms with Crippen LogP contribution in [0, 0.1) is 0 Å². The highest BCUT2D eigenvalue weighted by Gasteiger charge is 2.50. The molecule has 0 saturated carbocycles. The fourth-order valence-electron chi connectivity index (χ4n) is 5.82. The van der Waals surface area contributed by atoms with Crippen molar-refractivity contribution in [3.8, 4) is 40.1 Å². The van der Waals surface area contributed by atoms with Crippen molar-refractivity contribution in [2.45, 2.75) is 94.8 Å². The molecule has 0 radical (unpaired) electrons. The van der Waals surface area contributed by atoms with Gasteiger partial charge in [-0.15, -0.1) is 0 Å². The summed E-state index contributed by atoms with van der Waals surface area (Å²) in [4.78, 5) is 27.6. The molecule has 1 unspecified atom stereocenters. The van der Waals surface area contributed by atoms with Crippen LogP contribution in [0.5, 0.6) is 28.7 Å². The largest absolute Gasteiger partial charge is 0.508 e. The number of benzene rings is 2. The molecule has 3 heterocycles. The normalized spacial score (nSPS) is 25.9. The highest BCUT2D eigenvalue weighted by atomic mass is 16.7. The summed E-state index contributed by atoms with van der Waals surface area (Å²) in [6.07, 6.45) is -2.55. The van der Waals surface area contributed by atoms with Crippen LogP contribution in [0.4, 0.5) is 0 Å². The molecule has 2 aliphatic rings. The topological polar surface area (TPSA) is 237 Å². The number of aromatic hydroxyl groups is 3. The lowest BCUT2D eigenvalue weighted by Gasteiger charge is -2.39. The molecular weight excluding hydrogens is 608 g/mol. The number of aliphatic hydroxyl groups excluding tert-OH is 4. The number of Topliss-reactive ketones (excluding diaryl/α,β-unsaturated/α-hetero) is 1. The van der Waals surface area contributed by atoms with Gasteiger partial charge in [-0.25, -0.2) is 0 Å². The van der Waals surface area contributed by atoms with Crippen molar-refractivity contribution in [3.63, 3.8) is 0 Å². The van der Waals surface area contributed by atoms with Crippen molar-refractivity contribution in [3.05, 3.63) is 40.1 Å². The number of aliphatic hydroxyl groups is 5. The third kappa shape index (κ3) is 6.11. The van der Waals surface area contributed by atoms with E-state index in [1.807, 2.05) is 0 Å². The number of ketones is 1. The number of rotatable bonds is 12. The number of fused-ring (bicyclic) bond motifs is 2. The number of ether oxygens (including phenoxy) is 3. The highest BCUT2D eigenvalue weighted by molar-refractivity contribution is 6.12. The monoisotopic (exact) mass is 646 g/mol. The van der Waals surface area contributed by atoms with Gasteiger partial charge in [0.2, 0.25) is 23.3 Å². The molecule has 0 aliphatic carbocycles. The van der Waals surface area contributed by atoms with E-state index < -0.39 is 88.5 Å². The quantitative estimate of drug-likeness (QED) is 0.132. The van der Waals surface area contributed by atoms with Crippen LogP contribution in [0.3, 0.4) is 0 Å². The maximum atomic E-state index is 13.8. The predicted molar refractivity (Wildman–Crippen MR) is 160 cm³/mol. The van der Waals surface area contributed by atoms with Gasteiger partial charge in [-0.3, -0.25) is 9.59 Å². The summed E-state index contributed by atoms with van der Waals surface area (Å²) in [6, 6.07) is 4.22. The van der Waals surface area contributed by atoms with Crippen molar-refractivity contribution in [2.75, 3.05) is 6.61 Å². The molecule has 1 aromatic heterocycles. The van der Waals surface area contributed by atoms with E-state index in [4.69, 9.17) is 18.6 Å². The van der Waals surface area contributed by atoms with E-state index in [-0.39, 0.29) is 28.9 Å². The molecule has 1 fully saturated rings. The van der Waals surface area contributed by atoms with Gasteiger partial charge in [0.05, 0.1) is 12.2 Å². The molecule has 8 N–H and O–H groups in total. The second-order valence-corrected chi connectivity index (χ2v) is 11.7. The number of phenolic OH excluding ortho intramolecular Hbond substituents is 3. The Morgan fingerprint density at radius 2 is 1.59 bits per heavy atom. The van der Waals surface area contributed by atoms with Crippen LogP contribution in [-0.4, -0.2) is 89.7 Å². The number of carbonyl (C=O) groups is 1. The van der Waals surface area contributed by atoms with Gasteiger partial charge in [0.15, 0.2) is 17.3 Å². The first-order valence-electron chi connectivity index (χ1n) is 15.2. The molecule has 0 bridgehead atoms. The minimum absolute atomic E-state index is 0.0924. The predicted octanol–water partition coefficient (Wildman–Crippen LogP) is 2.16. The second-order valence-electron chi connectivity index (χ2n) is 11.7. The van der Waals surface area contributed by atoms with Crippen LogP contribution in [0.15, 0.2) is 33.5 Å². The van der Waals surface area contributed by atoms with Crippen molar-refractivity contribution in [1.82, 2.24) is 0 Å². The lowest BCUT2D eigenvalue weighted by molar-refractivity contribution is -0.277. The Morgan fingerprint density at radius 1 is 0.891 bits per heavy atom. The molecule has 0 spiro atoms. The van der Waals surface area contributed by atoms with Gasteiger partial charge >= 0.3 is 0 Å². The van der Waals surface area contributed by atoms with Crippen molar-refractivity contribution in [2.24, 2.45) is 0 Å². The standard InChI is InChI=1S/C32H38O14/c1-2-3-4-5-6-7-8-11-32(42)30(41)21-16(9-10-17(35)28(21)46-32)27-29(24(38)22-18(36)12-15(34)13-19(22)43-27)45-31-26(40)25(39)23(37)20(14-33)44-31/h9-10,12-13,20,23,25-26,31,33-37,39-40,42H,2-8,11,14H2,1H3/t20-,23+,25+,26-,31+,32?/m1/s1. The zero-order valence-electron chi connectivity index (χ0n) is 25.1. The lowest BCUT2D eigenvalue weighted by Crippen LogP contribution is -2.60. The third-order valence-electron chi connectivity index (χ3n) is 8.35. The Hall–Kier alpha value is -3.92. The van der Waals surface area contributed by atoms with E-state index in [0.717, 1.165) is 56.7 Å². The van der Waals surface area contributed by atoms with Crippen LogP contribution in [0.1, 0.15) is 68.6 Å². The van der Waals surface area contributed by atoms with E-state index in [2.05, 4.69) is 6.92 Å². The van der Waals surface area contributed by atoms with Crippen molar-refractivity contribution >= 4 is 16.8 Å². The van der Waals surface area contributed by atoms with Gasteiger partial charge in [-0.2, -0.15) is 0 Å². The number of carbonyl (C=O) groups excluding carboxylic acids is 1. The van der Waals surface area contributed by atoms with Gasteiger partial charge in [-0.1, -0.05) is 45.4 Å². The molecule has 2 aromatic carbocycles. The van der Waals surface area contributed by atoms with Crippen molar-refractivity contribution < 1.29 is 64.3 Å². The Labute approximate surface area is 262 Å². The number of unbranched alkanes of at least 4 members (excludes halogenated alkanes) is 6. The first-order valence-corrected chi connectivity index (χ1v) is 15.2. The third-order valence-corrected chi connectivity index (χ3v) is 8.35. The molecule has 6 atom stereocenters. The van der Waals surface area contributed by atoms with E-state index in [0.29, 0.717) is 6.42 Å². The maximum Gasteiger partial charge on any atom is 0.273 e. The number of phenols is 3. The summed E-state index contributed by atoms with van der Waals surface area (Å²) in [5, 5.41) is 82.7.